The average Bonchev–Trinajstić information content (AvgIpc) is 2.55. The molecular weight excluding hydrogens is 312 g/mol. The van der Waals surface area contributed by atoms with Gasteiger partial charge < -0.3 is 20.7 Å². The Morgan fingerprint density at radius 2 is 2.00 bits per heavy atom. The van der Waals surface area contributed by atoms with Crippen LogP contribution in [0.4, 0.5) is 11.4 Å². The zero-order valence-corrected chi connectivity index (χ0v) is 14.0. The SMILES string of the molecule is COc1ccc(NC(N)=NCCN(C)c2ccccc2)cc1Cl. The number of halogens is 1. The second-order valence-electron chi connectivity index (χ2n) is 5.00. The lowest BCUT2D eigenvalue weighted by Gasteiger charge is -2.18. The maximum Gasteiger partial charge on any atom is 0.193 e. The second-order valence-corrected chi connectivity index (χ2v) is 5.41. The van der Waals surface area contributed by atoms with E-state index in [4.69, 9.17) is 22.1 Å². The number of nitrogens with zero attached hydrogens (tertiary/aromatic N) is 2. The molecule has 0 fully saturated rings. The van der Waals surface area contributed by atoms with Crippen molar-refractivity contribution in [3.63, 3.8) is 0 Å². The van der Waals surface area contributed by atoms with Crippen molar-refractivity contribution < 1.29 is 4.74 Å². The zero-order valence-electron chi connectivity index (χ0n) is 13.3. The molecule has 0 bridgehead atoms. The quantitative estimate of drug-likeness (QED) is 0.630. The first-order valence-electron chi connectivity index (χ1n) is 7.27. The highest BCUT2D eigenvalue weighted by molar-refractivity contribution is 6.32. The highest BCUT2D eigenvalue weighted by Gasteiger charge is 2.03. The van der Waals surface area contributed by atoms with Gasteiger partial charge in [0.05, 0.1) is 18.7 Å². The van der Waals surface area contributed by atoms with E-state index in [1.54, 1.807) is 19.2 Å². The van der Waals surface area contributed by atoms with E-state index in [-0.39, 0.29) is 0 Å². The first-order valence-corrected chi connectivity index (χ1v) is 7.64. The van der Waals surface area contributed by atoms with Crippen LogP contribution in [0.1, 0.15) is 0 Å². The Labute approximate surface area is 141 Å². The van der Waals surface area contributed by atoms with Gasteiger partial charge in [0.1, 0.15) is 5.75 Å². The first-order chi connectivity index (χ1) is 11.1. The molecule has 5 nitrogen and oxygen atoms in total. The summed E-state index contributed by atoms with van der Waals surface area (Å²) in [5, 5.41) is 3.54. The summed E-state index contributed by atoms with van der Waals surface area (Å²) in [6.45, 7) is 1.36. The number of guanidine groups is 1. The van der Waals surface area contributed by atoms with E-state index in [2.05, 4.69) is 27.3 Å². The lowest BCUT2D eigenvalue weighted by Crippen LogP contribution is -2.26. The molecule has 2 aromatic rings. The van der Waals surface area contributed by atoms with E-state index in [1.807, 2.05) is 31.3 Å². The molecule has 0 aliphatic heterocycles. The van der Waals surface area contributed by atoms with E-state index in [0.717, 1.165) is 17.9 Å². The van der Waals surface area contributed by atoms with Gasteiger partial charge in [-0.1, -0.05) is 29.8 Å². The van der Waals surface area contributed by atoms with Crippen molar-refractivity contribution in [2.24, 2.45) is 10.7 Å². The van der Waals surface area contributed by atoms with Crippen LogP contribution in [0.15, 0.2) is 53.5 Å². The summed E-state index contributed by atoms with van der Waals surface area (Å²) in [6.07, 6.45) is 0. The largest absolute Gasteiger partial charge is 0.495 e. The predicted molar refractivity (Wildman–Crippen MR) is 97.8 cm³/mol. The molecule has 0 spiro atoms. The number of para-hydroxylation sites is 1. The van der Waals surface area contributed by atoms with E-state index in [9.17, 15) is 0 Å². The number of hydrogen-bond donors (Lipinski definition) is 2. The first kappa shape index (κ1) is 17.0. The third-order valence-corrected chi connectivity index (χ3v) is 3.63. The molecule has 2 rings (SSSR count). The van der Waals surface area contributed by atoms with Gasteiger partial charge in [-0.05, 0) is 30.3 Å². The average molecular weight is 333 g/mol. The van der Waals surface area contributed by atoms with Crippen LogP contribution >= 0.6 is 11.6 Å². The number of nitrogens with one attached hydrogen (secondary N) is 1. The molecule has 0 radical (unpaired) electrons. The fraction of sp³-hybridized carbons (Fsp3) is 0.235. The Hall–Kier alpha value is -2.40. The fourth-order valence-corrected chi connectivity index (χ4v) is 2.32. The number of ether oxygens (including phenoxy) is 1. The van der Waals surface area contributed by atoms with Gasteiger partial charge in [-0.3, -0.25) is 4.99 Å². The monoisotopic (exact) mass is 332 g/mol. The van der Waals surface area contributed by atoms with Crippen molar-refractivity contribution in [2.45, 2.75) is 0 Å². The molecule has 0 amide bonds. The fourth-order valence-electron chi connectivity index (χ4n) is 2.06. The highest BCUT2D eigenvalue weighted by atomic mass is 35.5. The van der Waals surface area contributed by atoms with Gasteiger partial charge in [0.2, 0.25) is 0 Å². The summed E-state index contributed by atoms with van der Waals surface area (Å²) >= 11 is 6.07. The van der Waals surface area contributed by atoms with Crippen LogP contribution in [0.2, 0.25) is 5.02 Å². The molecule has 0 saturated heterocycles. The van der Waals surface area contributed by atoms with Crippen LogP contribution < -0.4 is 20.7 Å². The van der Waals surface area contributed by atoms with Gasteiger partial charge >= 0.3 is 0 Å². The smallest absolute Gasteiger partial charge is 0.193 e. The van der Waals surface area contributed by atoms with Gasteiger partial charge in [-0.2, -0.15) is 0 Å². The Morgan fingerprint density at radius 3 is 2.65 bits per heavy atom. The van der Waals surface area contributed by atoms with Crippen LogP contribution in [-0.2, 0) is 0 Å². The number of rotatable bonds is 6. The molecule has 0 aliphatic rings. The van der Waals surface area contributed by atoms with Crippen LogP contribution in [-0.4, -0.2) is 33.2 Å². The van der Waals surface area contributed by atoms with E-state index in [0.29, 0.717) is 23.3 Å². The molecule has 0 aliphatic carbocycles. The van der Waals surface area contributed by atoms with Gasteiger partial charge in [0.25, 0.3) is 0 Å². The molecule has 23 heavy (non-hydrogen) atoms. The topological polar surface area (TPSA) is 62.9 Å². The summed E-state index contributed by atoms with van der Waals surface area (Å²) < 4.78 is 5.11. The van der Waals surface area contributed by atoms with Crippen LogP contribution in [0.25, 0.3) is 0 Å². The summed E-state index contributed by atoms with van der Waals surface area (Å²) in [5.74, 6) is 0.977. The van der Waals surface area contributed by atoms with Gasteiger partial charge in [-0.15, -0.1) is 0 Å². The summed E-state index contributed by atoms with van der Waals surface area (Å²) in [4.78, 5) is 6.45. The third-order valence-electron chi connectivity index (χ3n) is 3.34. The van der Waals surface area contributed by atoms with Crippen molar-refractivity contribution in [3.8, 4) is 5.75 Å². The Balaban J connectivity index is 1.87. The molecule has 0 saturated carbocycles. The molecule has 3 N–H and O–H groups in total. The van der Waals surface area contributed by atoms with E-state index < -0.39 is 0 Å². The maximum atomic E-state index is 6.07. The minimum atomic E-state index is 0.354. The third kappa shape index (κ3) is 5.07. The minimum absolute atomic E-state index is 0.354. The van der Waals surface area contributed by atoms with Gasteiger partial charge in [-0.25, -0.2) is 0 Å². The summed E-state index contributed by atoms with van der Waals surface area (Å²) in [6, 6.07) is 15.5. The number of methoxy groups -OCH3 is 1. The molecule has 6 heteroatoms. The maximum absolute atomic E-state index is 6.07. The van der Waals surface area contributed by atoms with E-state index >= 15 is 0 Å². The van der Waals surface area contributed by atoms with Crippen molar-refractivity contribution in [3.05, 3.63) is 53.6 Å². The number of hydrogen-bond acceptors (Lipinski definition) is 3. The number of benzene rings is 2. The Kier molecular flexibility index (Phi) is 6.11. The molecular formula is C17H21ClN4O. The molecule has 122 valence electrons. The van der Waals surface area contributed by atoms with Crippen molar-refractivity contribution in [1.29, 1.82) is 0 Å². The summed E-state index contributed by atoms with van der Waals surface area (Å²) in [7, 11) is 3.60. The van der Waals surface area contributed by atoms with E-state index in [1.165, 1.54) is 0 Å². The normalized spacial score (nSPS) is 11.2. The molecule has 0 aromatic heterocycles. The highest BCUT2D eigenvalue weighted by Crippen LogP contribution is 2.26. The Bertz CT molecular complexity index is 661. The number of likely N-dealkylation sites (N-methyl/N-ethyl adjacent to an activating group) is 1. The van der Waals surface area contributed by atoms with Gasteiger partial charge in [0, 0.05) is 25.0 Å². The second kappa shape index (κ2) is 8.29. The molecule has 0 unspecified atom stereocenters. The molecule has 0 atom stereocenters. The van der Waals surface area contributed by atoms with Crippen molar-refractivity contribution >= 4 is 28.9 Å². The lowest BCUT2D eigenvalue weighted by atomic mass is 10.3. The van der Waals surface area contributed by atoms with Gasteiger partial charge in [0.15, 0.2) is 5.96 Å². The minimum Gasteiger partial charge on any atom is -0.495 e. The summed E-state index contributed by atoms with van der Waals surface area (Å²) in [5.41, 5.74) is 7.82. The van der Waals surface area contributed by atoms with Crippen molar-refractivity contribution in [2.75, 3.05) is 37.5 Å². The van der Waals surface area contributed by atoms with Crippen LogP contribution in [0, 0.1) is 0 Å². The number of anilines is 2. The number of aliphatic imine (C=N–C) groups is 1. The van der Waals surface area contributed by atoms with Crippen molar-refractivity contribution in [1.82, 2.24) is 0 Å². The van der Waals surface area contributed by atoms with Crippen LogP contribution in [0.3, 0.4) is 0 Å². The zero-order chi connectivity index (χ0) is 16.7. The molecule has 0 heterocycles. The van der Waals surface area contributed by atoms with Crippen LogP contribution in [0.5, 0.6) is 5.75 Å². The predicted octanol–water partition coefficient (Wildman–Crippen LogP) is 3.21. The number of nitrogens with two attached hydrogens (primary N) is 1. The Morgan fingerprint density at radius 1 is 1.26 bits per heavy atom. The lowest BCUT2D eigenvalue weighted by molar-refractivity contribution is 0.415. The standard InChI is InChI=1S/C17H21ClN4O/c1-22(14-6-4-3-5-7-14)11-10-20-17(19)21-13-8-9-16(23-2)15(18)12-13/h3-9,12H,10-11H2,1-2H3,(H3,19,20,21). The molecule has 2 aromatic carbocycles.